The van der Waals surface area contributed by atoms with Crippen LogP contribution in [0.3, 0.4) is 0 Å². The van der Waals surface area contributed by atoms with Crippen molar-refractivity contribution in [2.24, 2.45) is 0 Å². The van der Waals surface area contributed by atoms with Crippen LogP contribution < -0.4 is 5.69 Å². The number of rotatable bonds is 1. The van der Waals surface area contributed by atoms with E-state index in [4.69, 9.17) is 0 Å². The molecule has 0 aliphatic carbocycles. The third-order valence-electron chi connectivity index (χ3n) is 1.47. The average Bonchev–Trinajstić information content (AvgIpc) is 2.52. The van der Waals surface area contributed by atoms with Gasteiger partial charge >= 0.3 is 5.69 Å². The summed E-state index contributed by atoms with van der Waals surface area (Å²) < 4.78 is 1.20. The summed E-state index contributed by atoms with van der Waals surface area (Å²) in [6.45, 7) is 0. The zero-order chi connectivity index (χ0) is 8.55. The molecular formula is C6H6N4OS. The Morgan fingerprint density at radius 1 is 1.67 bits per heavy atom. The highest BCUT2D eigenvalue weighted by Gasteiger charge is 2.00. The highest BCUT2D eigenvalue weighted by Crippen LogP contribution is 1.96. The summed E-state index contributed by atoms with van der Waals surface area (Å²) in [6.07, 6.45) is 1.53. The number of thiol groups is 1. The summed E-state index contributed by atoms with van der Waals surface area (Å²) in [4.78, 5) is 17.8. The average molecular weight is 182 g/mol. The maximum absolute atomic E-state index is 11.2. The van der Waals surface area contributed by atoms with Crippen LogP contribution in [-0.4, -0.2) is 19.6 Å². The molecule has 12 heavy (non-hydrogen) atoms. The minimum absolute atomic E-state index is 0.283. The van der Waals surface area contributed by atoms with Gasteiger partial charge in [-0.3, -0.25) is 4.98 Å². The van der Waals surface area contributed by atoms with Crippen LogP contribution in [0, 0.1) is 0 Å². The first-order valence-corrected chi connectivity index (χ1v) is 3.98. The van der Waals surface area contributed by atoms with Gasteiger partial charge in [0.1, 0.15) is 5.82 Å². The van der Waals surface area contributed by atoms with Crippen molar-refractivity contribution in [1.82, 2.24) is 19.6 Å². The maximum Gasteiger partial charge on any atom is 0.349 e. The Morgan fingerprint density at radius 3 is 3.25 bits per heavy atom. The molecule has 2 heterocycles. The smallest absolute Gasteiger partial charge is 0.293 e. The number of fused-ring (bicyclic) bond motifs is 1. The molecule has 0 atom stereocenters. The van der Waals surface area contributed by atoms with Gasteiger partial charge in [-0.05, 0) is 0 Å². The summed E-state index contributed by atoms with van der Waals surface area (Å²) in [5.41, 5.74) is 0.261. The van der Waals surface area contributed by atoms with E-state index in [-0.39, 0.29) is 5.69 Å². The first-order valence-electron chi connectivity index (χ1n) is 3.35. The van der Waals surface area contributed by atoms with Gasteiger partial charge in [-0.15, -0.1) is 0 Å². The van der Waals surface area contributed by atoms with E-state index < -0.39 is 0 Å². The molecule has 0 aliphatic heterocycles. The summed E-state index contributed by atoms with van der Waals surface area (Å²) >= 11 is 4.00. The minimum Gasteiger partial charge on any atom is -0.293 e. The Kier molecular flexibility index (Phi) is 1.61. The predicted molar refractivity (Wildman–Crippen MR) is 46.3 cm³/mol. The van der Waals surface area contributed by atoms with Gasteiger partial charge in [0.2, 0.25) is 0 Å². The first-order chi connectivity index (χ1) is 5.81. The third kappa shape index (κ3) is 1.00. The molecule has 2 aromatic heterocycles. The van der Waals surface area contributed by atoms with Crippen molar-refractivity contribution in [2.75, 3.05) is 0 Å². The summed E-state index contributed by atoms with van der Waals surface area (Å²) in [7, 11) is 0. The van der Waals surface area contributed by atoms with Gasteiger partial charge in [-0.25, -0.2) is 9.78 Å². The fourth-order valence-electron chi connectivity index (χ4n) is 0.955. The molecule has 0 amide bonds. The van der Waals surface area contributed by atoms with Crippen LogP contribution in [-0.2, 0) is 5.75 Å². The van der Waals surface area contributed by atoms with Crippen LogP contribution >= 0.6 is 12.6 Å². The number of H-pyrrole nitrogens is 1. The highest BCUT2D eigenvalue weighted by molar-refractivity contribution is 7.79. The van der Waals surface area contributed by atoms with Crippen LogP contribution in [0.2, 0.25) is 0 Å². The molecule has 5 nitrogen and oxygen atoms in total. The van der Waals surface area contributed by atoms with Crippen molar-refractivity contribution >= 4 is 18.3 Å². The number of aromatic nitrogens is 4. The second kappa shape index (κ2) is 2.63. The molecule has 1 N–H and O–H groups in total. The molecule has 0 bridgehead atoms. The molecule has 0 saturated heterocycles. The van der Waals surface area contributed by atoms with E-state index in [0.29, 0.717) is 17.2 Å². The SMILES string of the molecule is O=c1[nH]c(CS)nc2ccnn12. The van der Waals surface area contributed by atoms with E-state index in [1.165, 1.54) is 10.7 Å². The van der Waals surface area contributed by atoms with Crippen molar-refractivity contribution in [3.8, 4) is 0 Å². The topological polar surface area (TPSA) is 63.0 Å². The largest absolute Gasteiger partial charge is 0.349 e. The van der Waals surface area contributed by atoms with Crippen molar-refractivity contribution < 1.29 is 0 Å². The molecule has 0 radical (unpaired) electrons. The van der Waals surface area contributed by atoms with E-state index in [2.05, 4.69) is 27.7 Å². The quantitative estimate of drug-likeness (QED) is 0.603. The van der Waals surface area contributed by atoms with E-state index >= 15 is 0 Å². The van der Waals surface area contributed by atoms with Crippen molar-refractivity contribution in [3.63, 3.8) is 0 Å². The standard InChI is InChI=1S/C6H6N4OS/c11-6-9-4(3-12)8-5-1-2-7-10(5)6/h1-2,12H,3H2,(H,8,9,11). The number of aromatic amines is 1. The van der Waals surface area contributed by atoms with Crippen LogP contribution in [0.15, 0.2) is 17.1 Å². The van der Waals surface area contributed by atoms with Crippen molar-refractivity contribution in [1.29, 1.82) is 0 Å². The lowest BCUT2D eigenvalue weighted by Crippen LogP contribution is -2.20. The number of hydrogen-bond acceptors (Lipinski definition) is 4. The van der Waals surface area contributed by atoms with E-state index in [1.54, 1.807) is 6.07 Å². The molecule has 0 aliphatic rings. The second-order valence-electron chi connectivity index (χ2n) is 2.25. The summed E-state index contributed by atoms with van der Waals surface area (Å²) in [6, 6.07) is 1.67. The monoisotopic (exact) mass is 182 g/mol. The van der Waals surface area contributed by atoms with Crippen LogP contribution in [0.4, 0.5) is 0 Å². The minimum atomic E-state index is -0.283. The second-order valence-corrected chi connectivity index (χ2v) is 2.56. The Hall–Kier alpha value is -1.30. The van der Waals surface area contributed by atoms with Crippen molar-refractivity contribution in [3.05, 3.63) is 28.6 Å². The van der Waals surface area contributed by atoms with Gasteiger partial charge < -0.3 is 0 Å². The number of nitrogens with zero attached hydrogens (tertiary/aromatic N) is 3. The van der Waals surface area contributed by atoms with Gasteiger partial charge in [0.25, 0.3) is 0 Å². The van der Waals surface area contributed by atoms with Crippen LogP contribution in [0.5, 0.6) is 0 Å². The lowest BCUT2D eigenvalue weighted by atomic mass is 10.6. The van der Waals surface area contributed by atoms with Gasteiger partial charge in [0, 0.05) is 11.8 Å². The Bertz CT molecular complexity index is 460. The Labute approximate surface area is 72.9 Å². The third-order valence-corrected chi connectivity index (χ3v) is 1.77. The number of nitrogens with one attached hydrogen (secondary N) is 1. The van der Waals surface area contributed by atoms with E-state index in [0.717, 1.165) is 0 Å². The molecule has 2 aromatic rings. The molecule has 0 saturated carbocycles. The fourth-order valence-corrected chi connectivity index (χ4v) is 1.10. The van der Waals surface area contributed by atoms with E-state index in [9.17, 15) is 4.79 Å². The lowest BCUT2D eigenvalue weighted by Gasteiger charge is -1.94. The predicted octanol–water partition coefficient (Wildman–Crippen LogP) is -0.153. The molecule has 0 fully saturated rings. The van der Waals surface area contributed by atoms with Gasteiger partial charge in [-0.1, -0.05) is 0 Å². The summed E-state index contributed by atoms with van der Waals surface area (Å²) in [5, 5.41) is 3.78. The molecule has 6 heteroatoms. The summed E-state index contributed by atoms with van der Waals surface area (Å²) in [5.74, 6) is 0.966. The fraction of sp³-hybridized carbons (Fsp3) is 0.167. The Morgan fingerprint density at radius 2 is 2.50 bits per heavy atom. The molecule has 0 aromatic carbocycles. The molecule has 62 valence electrons. The lowest BCUT2D eigenvalue weighted by molar-refractivity contribution is 0.817. The van der Waals surface area contributed by atoms with E-state index in [1.807, 2.05) is 0 Å². The molecule has 2 rings (SSSR count). The van der Waals surface area contributed by atoms with Gasteiger partial charge in [0.05, 0.1) is 6.20 Å². The highest BCUT2D eigenvalue weighted by atomic mass is 32.1. The normalized spacial score (nSPS) is 10.8. The van der Waals surface area contributed by atoms with Crippen molar-refractivity contribution in [2.45, 2.75) is 5.75 Å². The van der Waals surface area contributed by atoms with Crippen LogP contribution in [0.1, 0.15) is 5.82 Å². The number of hydrogen-bond donors (Lipinski definition) is 2. The first kappa shape index (κ1) is 7.35. The van der Waals surface area contributed by atoms with Gasteiger partial charge in [-0.2, -0.15) is 22.2 Å². The zero-order valence-electron chi connectivity index (χ0n) is 6.06. The molecule has 0 unspecified atom stereocenters. The Balaban J connectivity index is 2.84. The zero-order valence-corrected chi connectivity index (χ0v) is 6.95. The van der Waals surface area contributed by atoms with Crippen LogP contribution in [0.25, 0.3) is 5.65 Å². The maximum atomic E-state index is 11.2. The molecule has 0 spiro atoms. The molecular weight excluding hydrogens is 176 g/mol. The van der Waals surface area contributed by atoms with Gasteiger partial charge in [0.15, 0.2) is 5.65 Å².